The smallest absolute Gasteiger partial charge is 0.239 e. The Bertz CT molecular complexity index is 660. The van der Waals surface area contributed by atoms with Gasteiger partial charge in [-0.2, -0.15) is 0 Å². The molecule has 142 valence electrons. The molecule has 0 aromatic heterocycles. The molecular weight excluding hydrogens is 403 g/mol. The van der Waals surface area contributed by atoms with Gasteiger partial charge in [0.2, 0.25) is 5.91 Å². The normalized spacial score (nSPS) is 17.0. The molecule has 1 fully saturated rings. The number of hydrogen-bond donors (Lipinski definition) is 1. The SMILES string of the molecule is CS(=O)(=O)CCC(N)C(=O)N1CCC(Sc2ccc(Cl)cc2)CC1.Cl. The van der Waals surface area contributed by atoms with Gasteiger partial charge < -0.3 is 10.6 Å². The highest BCUT2D eigenvalue weighted by Gasteiger charge is 2.27. The minimum atomic E-state index is -3.09. The summed E-state index contributed by atoms with van der Waals surface area (Å²) in [5.41, 5.74) is 5.85. The van der Waals surface area contributed by atoms with Crippen molar-refractivity contribution in [3.05, 3.63) is 29.3 Å². The first-order valence-corrected chi connectivity index (χ1v) is 11.2. The molecule has 1 aromatic carbocycles. The van der Waals surface area contributed by atoms with E-state index in [9.17, 15) is 13.2 Å². The molecule has 1 saturated heterocycles. The van der Waals surface area contributed by atoms with E-state index in [1.165, 1.54) is 4.90 Å². The molecule has 0 radical (unpaired) electrons. The van der Waals surface area contributed by atoms with Crippen LogP contribution in [0.15, 0.2) is 29.2 Å². The largest absolute Gasteiger partial charge is 0.341 e. The highest BCUT2D eigenvalue weighted by molar-refractivity contribution is 8.00. The lowest BCUT2D eigenvalue weighted by Gasteiger charge is -2.33. The molecule has 0 spiro atoms. The van der Waals surface area contributed by atoms with Gasteiger partial charge in [-0.1, -0.05) is 11.6 Å². The predicted octanol–water partition coefficient (Wildman–Crippen LogP) is 2.61. The Morgan fingerprint density at radius 3 is 2.40 bits per heavy atom. The number of halogens is 2. The van der Waals surface area contributed by atoms with E-state index >= 15 is 0 Å². The Kier molecular flexibility index (Phi) is 9.04. The zero-order valence-electron chi connectivity index (χ0n) is 14.1. The minimum absolute atomic E-state index is 0. The molecule has 1 amide bonds. The number of amides is 1. The summed E-state index contributed by atoms with van der Waals surface area (Å²) in [4.78, 5) is 15.2. The highest BCUT2D eigenvalue weighted by atomic mass is 35.5. The third-order valence-corrected chi connectivity index (χ3v) is 6.57. The molecular formula is C16H24Cl2N2O3S2. The van der Waals surface area contributed by atoms with Gasteiger partial charge in [0.25, 0.3) is 0 Å². The quantitative estimate of drug-likeness (QED) is 0.755. The molecule has 5 nitrogen and oxygen atoms in total. The molecule has 0 bridgehead atoms. The number of likely N-dealkylation sites (tertiary alicyclic amines) is 1. The average Bonchev–Trinajstić information content (AvgIpc) is 2.54. The van der Waals surface area contributed by atoms with Gasteiger partial charge in [0.15, 0.2) is 0 Å². The number of piperidine rings is 1. The molecule has 0 aliphatic carbocycles. The van der Waals surface area contributed by atoms with Crippen LogP contribution >= 0.6 is 35.8 Å². The Morgan fingerprint density at radius 1 is 1.32 bits per heavy atom. The summed E-state index contributed by atoms with van der Waals surface area (Å²) >= 11 is 7.69. The number of nitrogens with zero attached hydrogens (tertiary/aromatic N) is 1. The fourth-order valence-electron chi connectivity index (χ4n) is 2.60. The van der Waals surface area contributed by atoms with E-state index in [4.69, 9.17) is 17.3 Å². The number of carbonyl (C=O) groups excluding carboxylic acids is 1. The van der Waals surface area contributed by atoms with Gasteiger partial charge in [0.1, 0.15) is 9.84 Å². The second-order valence-electron chi connectivity index (χ2n) is 6.12. The third kappa shape index (κ3) is 7.74. The minimum Gasteiger partial charge on any atom is -0.341 e. The maximum absolute atomic E-state index is 12.3. The Labute approximate surface area is 165 Å². The fraction of sp³-hybridized carbons (Fsp3) is 0.562. The van der Waals surface area contributed by atoms with Crippen LogP contribution in [0.4, 0.5) is 0 Å². The van der Waals surface area contributed by atoms with Gasteiger partial charge in [-0.3, -0.25) is 4.79 Å². The second-order valence-corrected chi connectivity index (χ2v) is 10.2. The number of benzene rings is 1. The zero-order valence-corrected chi connectivity index (χ0v) is 17.3. The summed E-state index contributed by atoms with van der Waals surface area (Å²) in [5.74, 6) is -0.198. The van der Waals surface area contributed by atoms with Crippen LogP contribution in [0.1, 0.15) is 19.3 Å². The summed E-state index contributed by atoms with van der Waals surface area (Å²) in [6.45, 7) is 1.33. The number of thioether (sulfide) groups is 1. The van der Waals surface area contributed by atoms with Crippen LogP contribution in [0.2, 0.25) is 5.02 Å². The number of nitrogens with two attached hydrogens (primary N) is 1. The van der Waals surface area contributed by atoms with Crippen molar-refractivity contribution in [2.75, 3.05) is 25.1 Å². The zero-order chi connectivity index (χ0) is 17.7. The van der Waals surface area contributed by atoms with Gasteiger partial charge in [-0.05, 0) is 43.5 Å². The van der Waals surface area contributed by atoms with E-state index in [-0.39, 0.29) is 30.5 Å². The molecule has 1 aliphatic heterocycles. The van der Waals surface area contributed by atoms with Crippen molar-refractivity contribution in [3.8, 4) is 0 Å². The molecule has 2 N–H and O–H groups in total. The summed E-state index contributed by atoms with van der Waals surface area (Å²) in [7, 11) is -3.09. The standard InChI is InChI=1S/C16H23ClN2O3S2.ClH/c1-24(21,22)11-8-15(18)16(20)19-9-6-14(7-10-19)23-13-4-2-12(17)3-5-13;/h2-5,14-15H,6-11,18H2,1H3;1H. The van der Waals surface area contributed by atoms with Crippen molar-refractivity contribution in [3.63, 3.8) is 0 Å². The van der Waals surface area contributed by atoms with Crippen LogP contribution in [0, 0.1) is 0 Å². The maximum atomic E-state index is 12.3. The van der Waals surface area contributed by atoms with E-state index in [0.717, 1.165) is 24.1 Å². The Balaban J connectivity index is 0.00000312. The topological polar surface area (TPSA) is 80.5 Å². The van der Waals surface area contributed by atoms with Crippen LogP contribution in [0.25, 0.3) is 0 Å². The number of rotatable bonds is 6. The first kappa shape index (κ1) is 22.6. The van der Waals surface area contributed by atoms with Crippen molar-refractivity contribution in [1.29, 1.82) is 0 Å². The summed E-state index contributed by atoms with van der Waals surface area (Å²) in [6.07, 6.45) is 3.14. The number of hydrogen-bond acceptors (Lipinski definition) is 5. The van der Waals surface area contributed by atoms with Crippen molar-refractivity contribution in [2.24, 2.45) is 5.73 Å². The molecule has 9 heteroatoms. The van der Waals surface area contributed by atoms with E-state index < -0.39 is 15.9 Å². The van der Waals surface area contributed by atoms with Gasteiger partial charge in [-0.25, -0.2) is 8.42 Å². The van der Waals surface area contributed by atoms with E-state index in [1.807, 2.05) is 24.3 Å². The molecule has 1 unspecified atom stereocenters. The van der Waals surface area contributed by atoms with E-state index in [1.54, 1.807) is 16.7 Å². The van der Waals surface area contributed by atoms with Crippen LogP contribution in [0.5, 0.6) is 0 Å². The molecule has 2 rings (SSSR count). The van der Waals surface area contributed by atoms with Crippen molar-refractivity contribution in [2.45, 2.75) is 35.4 Å². The van der Waals surface area contributed by atoms with Gasteiger partial charge in [-0.15, -0.1) is 24.2 Å². The molecule has 1 atom stereocenters. The Hall–Kier alpha value is -0.470. The van der Waals surface area contributed by atoms with Gasteiger partial charge >= 0.3 is 0 Å². The monoisotopic (exact) mass is 426 g/mol. The summed E-state index contributed by atoms with van der Waals surface area (Å²) < 4.78 is 22.4. The first-order chi connectivity index (χ1) is 11.2. The summed E-state index contributed by atoms with van der Waals surface area (Å²) in [5, 5.41) is 1.19. The van der Waals surface area contributed by atoms with Gasteiger partial charge in [0, 0.05) is 34.5 Å². The molecule has 1 aromatic rings. The number of sulfone groups is 1. The van der Waals surface area contributed by atoms with Crippen LogP contribution in [0.3, 0.4) is 0 Å². The van der Waals surface area contributed by atoms with Gasteiger partial charge in [0.05, 0.1) is 11.8 Å². The highest BCUT2D eigenvalue weighted by Crippen LogP contribution is 2.31. The van der Waals surface area contributed by atoms with E-state index in [0.29, 0.717) is 18.3 Å². The van der Waals surface area contributed by atoms with Crippen molar-refractivity contribution in [1.82, 2.24) is 4.90 Å². The second kappa shape index (κ2) is 10.0. The van der Waals surface area contributed by atoms with Crippen LogP contribution in [-0.4, -0.2) is 55.6 Å². The average molecular weight is 427 g/mol. The van der Waals surface area contributed by atoms with Crippen LogP contribution < -0.4 is 5.73 Å². The lowest BCUT2D eigenvalue weighted by molar-refractivity contribution is -0.133. The fourth-order valence-corrected chi connectivity index (χ4v) is 4.53. The Morgan fingerprint density at radius 2 is 1.88 bits per heavy atom. The molecule has 1 aliphatic rings. The number of carbonyl (C=O) groups is 1. The lowest BCUT2D eigenvalue weighted by Crippen LogP contribution is -2.48. The van der Waals surface area contributed by atoms with Crippen molar-refractivity contribution >= 4 is 51.5 Å². The maximum Gasteiger partial charge on any atom is 0.239 e. The van der Waals surface area contributed by atoms with Crippen molar-refractivity contribution < 1.29 is 13.2 Å². The summed E-state index contributed by atoms with van der Waals surface area (Å²) in [6, 6.07) is 7.03. The first-order valence-electron chi connectivity index (χ1n) is 7.89. The van der Waals surface area contributed by atoms with Crippen LogP contribution in [-0.2, 0) is 14.6 Å². The predicted molar refractivity (Wildman–Crippen MR) is 106 cm³/mol. The molecule has 1 heterocycles. The molecule has 0 saturated carbocycles. The molecule has 25 heavy (non-hydrogen) atoms. The lowest BCUT2D eigenvalue weighted by atomic mass is 10.1. The third-order valence-electron chi connectivity index (χ3n) is 3.99. The van der Waals surface area contributed by atoms with E-state index in [2.05, 4.69) is 0 Å².